The molecule has 0 radical (unpaired) electrons. The van der Waals surface area contributed by atoms with E-state index in [-0.39, 0.29) is 11.4 Å². The van der Waals surface area contributed by atoms with Crippen LogP contribution in [-0.2, 0) is 16.1 Å². The first-order chi connectivity index (χ1) is 14.7. The molecule has 164 valence electrons. The summed E-state index contributed by atoms with van der Waals surface area (Å²) in [5.41, 5.74) is 0.0954. The van der Waals surface area contributed by atoms with Crippen molar-refractivity contribution in [3.05, 3.63) is 17.5 Å². The average molecular weight is 450 g/mol. The molecule has 0 unspecified atom stereocenters. The fourth-order valence-corrected chi connectivity index (χ4v) is 6.11. The van der Waals surface area contributed by atoms with Crippen molar-refractivity contribution >= 4 is 29.0 Å². The number of thioether (sulfide) groups is 1. The maximum absolute atomic E-state index is 12.7. The molecule has 2 fully saturated rings. The van der Waals surface area contributed by atoms with Gasteiger partial charge in [-0.2, -0.15) is 0 Å². The zero-order valence-corrected chi connectivity index (χ0v) is 19.3. The molecule has 0 aromatic carbocycles. The largest absolute Gasteiger partial charge is 0.379 e. The van der Waals surface area contributed by atoms with Gasteiger partial charge in [0.05, 0.1) is 23.8 Å². The SMILES string of the molecule is CCn1c(SCC(=O)NCC2(N3CCOCC3)CCCCC2)nnc1-c1cccs1. The Morgan fingerprint density at radius 3 is 2.77 bits per heavy atom. The molecule has 1 aliphatic carbocycles. The van der Waals surface area contributed by atoms with Gasteiger partial charge >= 0.3 is 0 Å². The quantitative estimate of drug-likeness (QED) is 0.624. The molecule has 1 saturated carbocycles. The third-order valence-electron chi connectivity index (χ3n) is 6.19. The Hall–Kier alpha value is -1.42. The molecule has 2 aromatic rings. The summed E-state index contributed by atoms with van der Waals surface area (Å²) in [7, 11) is 0. The van der Waals surface area contributed by atoms with E-state index in [2.05, 4.69) is 38.0 Å². The van der Waals surface area contributed by atoms with Crippen LogP contribution in [0.1, 0.15) is 39.0 Å². The van der Waals surface area contributed by atoms with Gasteiger partial charge < -0.3 is 14.6 Å². The summed E-state index contributed by atoms with van der Waals surface area (Å²) in [5.74, 6) is 1.31. The van der Waals surface area contributed by atoms with Gasteiger partial charge in [0.1, 0.15) is 0 Å². The number of morpholine rings is 1. The smallest absolute Gasteiger partial charge is 0.230 e. The molecule has 0 atom stereocenters. The molecule has 0 spiro atoms. The summed E-state index contributed by atoms with van der Waals surface area (Å²) in [6.07, 6.45) is 6.11. The standard InChI is InChI=1S/C21H31N5O2S2/c1-2-26-19(17-7-6-14-29-17)23-24-20(26)30-15-18(27)22-16-21(8-4-3-5-9-21)25-10-12-28-13-11-25/h6-7,14H,2-5,8-13,15-16H2,1H3,(H,22,27). The van der Waals surface area contributed by atoms with E-state index in [0.717, 1.165) is 68.1 Å². The number of carbonyl (C=O) groups excluding carboxylic acids is 1. The molecule has 2 aromatic heterocycles. The molecule has 1 saturated heterocycles. The summed E-state index contributed by atoms with van der Waals surface area (Å²) < 4.78 is 7.64. The predicted molar refractivity (Wildman–Crippen MR) is 121 cm³/mol. The lowest BCUT2D eigenvalue weighted by atomic mass is 9.79. The minimum atomic E-state index is 0.0709. The van der Waals surface area contributed by atoms with Crippen LogP contribution in [0.3, 0.4) is 0 Å². The molecule has 0 bridgehead atoms. The van der Waals surface area contributed by atoms with E-state index >= 15 is 0 Å². The van der Waals surface area contributed by atoms with E-state index in [4.69, 9.17) is 4.74 Å². The minimum absolute atomic E-state index is 0.0709. The van der Waals surface area contributed by atoms with Gasteiger partial charge in [-0.1, -0.05) is 37.1 Å². The van der Waals surface area contributed by atoms with Crippen molar-refractivity contribution in [2.24, 2.45) is 0 Å². The predicted octanol–water partition coefficient (Wildman–Crippen LogP) is 3.27. The van der Waals surface area contributed by atoms with Crippen LogP contribution in [0.2, 0.25) is 0 Å². The lowest BCUT2D eigenvalue weighted by molar-refractivity contribution is -0.119. The van der Waals surface area contributed by atoms with Crippen molar-refractivity contribution in [2.45, 2.75) is 56.3 Å². The number of hydrogen-bond acceptors (Lipinski definition) is 7. The fraction of sp³-hybridized carbons (Fsp3) is 0.667. The van der Waals surface area contributed by atoms with Gasteiger partial charge in [0.15, 0.2) is 11.0 Å². The van der Waals surface area contributed by atoms with Gasteiger partial charge in [-0.25, -0.2) is 0 Å². The lowest BCUT2D eigenvalue weighted by Gasteiger charge is -2.48. The number of hydrogen-bond donors (Lipinski definition) is 1. The topological polar surface area (TPSA) is 72.3 Å². The highest BCUT2D eigenvalue weighted by atomic mass is 32.2. The molecule has 4 rings (SSSR count). The molecule has 1 N–H and O–H groups in total. The minimum Gasteiger partial charge on any atom is -0.379 e. The molecule has 1 amide bonds. The highest BCUT2D eigenvalue weighted by Gasteiger charge is 2.38. The Bertz CT molecular complexity index is 811. The number of rotatable bonds is 8. The normalized spacial score (nSPS) is 19.6. The van der Waals surface area contributed by atoms with Crippen LogP contribution in [0, 0.1) is 0 Å². The number of thiophene rings is 1. The second-order valence-corrected chi connectivity index (χ2v) is 9.87. The Kier molecular flexibility index (Phi) is 7.45. The van der Waals surface area contributed by atoms with Crippen molar-refractivity contribution in [2.75, 3.05) is 38.6 Å². The number of nitrogens with one attached hydrogen (secondary N) is 1. The maximum Gasteiger partial charge on any atom is 0.230 e. The van der Waals surface area contributed by atoms with Gasteiger partial charge in [-0.15, -0.1) is 21.5 Å². The van der Waals surface area contributed by atoms with Crippen LogP contribution < -0.4 is 5.32 Å². The third kappa shape index (κ3) is 4.90. The van der Waals surface area contributed by atoms with Crippen LogP contribution in [0.15, 0.2) is 22.7 Å². The van der Waals surface area contributed by atoms with E-state index in [1.807, 2.05) is 11.4 Å². The second kappa shape index (κ2) is 10.3. The Labute approximate surface area is 186 Å². The first kappa shape index (κ1) is 21.8. The second-order valence-electron chi connectivity index (χ2n) is 7.98. The first-order valence-corrected chi connectivity index (χ1v) is 12.8. The van der Waals surface area contributed by atoms with Crippen molar-refractivity contribution < 1.29 is 9.53 Å². The van der Waals surface area contributed by atoms with Crippen molar-refractivity contribution in [1.29, 1.82) is 0 Å². The zero-order chi connectivity index (χ0) is 20.8. The number of nitrogens with zero attached hydrogens (tertiary/aromatic N) is 4. The lowest BCUT2D eigenvalue weighted by Crippen LogP contribution is -2.59. The van der Waals surface area contributed by atoms with Crippen LogP contribution in [-0.4, -0.2) is 69.7 Å². The summed E-state index contributed by atoms with van der Waals surface area (Å²) in [6.45, 7) is 7.12. The number of aromatic nitrogens is 3. The van der Waals surface area contributed by atoms with Gasteiger partial charge in [0.2, 0.25) is 5.91 Å². The molecular weight excluding hydrogens is 418 g/mol. The summed E-state index contributed by atoms with van der Waals surface area (Å²) >= 11 is 3.12. The van der Waals surface area contributed by atoms with E-state index in [1.54, 1.807) is 11.3 Å². The van der Waals surface area contributed by atoms with Crippen molar-refractivity contribution in [3.63, 3.8) is 0 Å². The molecule has 30 heavy (non-hydrogen) atoms. The van der Waals surface area contributed by atoms with Crippen LogP contribution in [0.5, 0.6) is 0 Å². The number of ether oxygens (including phenoxy) is 1. The molecule has 3 heterocycles. The van der Waals surface area contributed by atoms with E-state index in [0.29, 0.717) is 5.75 Å². The Morgan fingerprint density at radius 1 is 1.27 bits per heavy atom. The number of carbonyl (C=O) groups is 1. The average Bonchev–Trinajstić information content (AvgIpc) is 3.47. The van der Waals surface area contributed by atoms with E-state index < -0.39 is 0 Å². The van der Waals surface area contributed by atoms with Crippen LogP contribution in [0.25, 0.3) is 10.7 Å². The van der Waals surface area contributed by atoms with Gasteiger partial charge in [-0.05, 0) is 31.2 Å². The van der Waals surface area contributed by atoms with Crippen molar-refractivity contribution in [3.8, 4) is 10.7 Å². The number of amides is 1. The van der Waals surface area contributed by atoms with Crippen LogP contribution >= 0.6 is 23.1 Å². The zero-order valence-electron chi connectivity index (χ0n) is 17.6. The molecule has 1 aliphatic heterocycles. The van der Waals surface area contributed by atoms with Crippen LogP contribution in [0.4, 0.5) is 0 Å². The van der Waals surface area contributed by atoms with Gasteiger partial charge in [0, 0.05) is 31.7 Å². The third-order valence-corrected chi connectivity index (χ3v) is 8.02. The highest BCUT2D eigenvalue weighted by molar-refractivity contribution is 7.99. The molecule has 7 nitrogen and oxygen atoms in total. The van der Waals surface area contributed by atoms with E-state index in [9.17, 15) is 4.79 Å². The molecule has 2 aliphatic rings. The maximum atomic E-state index is 12.7. The monoisotopic (exact) mass is 449 g/mol. The Balaban J connectivity index is 1.34. The summed E-state index contributed by atoms with van der Waals surface area (Å²) in [5, 5.41) is 14.8. The summed E-state index contributed by atoms with van der Waals surface area (Å²) in [6, 6.07) is 4.07. The molecule has 9 heteroatoms. The van der Waals surface area contributed by atoms with Gasteiger partial charge in [0.25, 0.3) is 0 Å². The summed E-state index contributed by atoms with van der Waals surface area (Å²) in [4.78, 5) is 16.4. The van der Waals surface area contributed by atoms with Gasteiger partial charge in [-0.3, -0.25) is 9.69 Å². The first-order valence-electron chi connectivity index (χ1n) is 10.9. The Morgan fingerprint density at radius 2 is 2.07 bits per heavy atom. The van der Waals surface area contributed by atoms with E-state index in [1.165, 1.54) is 31.0 Å². The van der Waals surface area contributed by atoms with Crippen molar-refractivity contribution in [1.82, 2.24) is 25.0 Å². The highest BCUT2D eigenvalue weighted by Crippen LogP contribution is 2.34. The molecular formula is C21H31N5O2S2. The fourth-order valence-electron chi connectivity index (χ4n) is 4.57.